The minimum absolute atomic E-state index is 0.127. The fourth-order valence-electron chi connectivity index (χ4n) is 4.64. The number of hydrogen-bond acceptors (Lipinski definition) is 6. The number of aliphatic hydroxyl groups excluding tert-OH is 1. The van der Waals surface area contributed by atoms with Gasteiger partial charge in [-0.05, 0) is 62.6 Å². The van der Waals surface area contributed by atoms with Gasteiger partial charge in [-0.2, -0.15) is 0 Å². The second-order valence-corrected chi connectivity index (χ2v) is 8.50. The third kappa shape index (κ3) is 3.15. The van der Waals surface area contributed by atoms with Gasteiger partial charge in [0, 0.05) is 35.0 Å². The van der Waals surface area contributed by atoms with Crippen LogP contribution in [0, 0.1) is 13.8 Å². The van der Waals surface area contributed by atoms with Crippen LogP contribution in [0.1, 0.15) is 41.6 Å². The molecule has 0 saturated heterocycles. The van der Waals surface area contributed by atoms with Crippen molar-refractivity contribution in [2.45, 2.75) is 39.2 Å². The summed E-state index contributed by atoms with van der Waals surface area (Å²) < 4.78 is 7.62. The first-order valence-electron chi connectivity index (χ1n) is 11.1. The number of fused-ring (bicyclic) bond motifs is 1. The number of aromatic nitrogens is 5. The zero-order valence-electron chi connectivity index (χ0n) is 18.5. The molecule has 1 aliphatic rings. The topological polar surface area (TPSA) is 89.9 Å². The summed E-state index contributed by atoms with van der Waals surface area (Å²) in [5.74, 6) is 2.88. The van der Waals surface area contributed by atoms with Crippen LogP contribution in [0.15, 0.2) is 59.4 Å². The summed E-state index contributed by atoms with van der Waals surface area (Å²) in [6.07, 6.45) is 5.77. The monoisotopic (exact) mass is 437 g/mol. The molecule has 1 saturated carbocycles. The van der Waals surface area contributed by atoms with Crippen molar-refractivity contribution >= 4 is 11.0 Å². The van der Waals surface area contributed by atoms with Crippen LogP contribution in [0.3, 0.4) is 0 Å². The molecule has 1 aliphatic carbocycles. The molecule has 33 heavy (non-hydrogen) atoms. The molecule has 164 valence electrons. The van der Waals surface area contributed by atoms with Gasteiger partial charge in [-0.15, -0.1) is 0 Å². The number of pyridine rings is 2. The van der Waals surface area contributed by atoms with Gasteiger partial charge in [0.15, 0.2) is 0 Å². The molecule has 0 atom stereocenters. The minimum atomic E-state index is -0.127. The Kier molecular flexibility index (Phi) is 4.58. The zero-order valence-corrected chi connectivity index (χ0v) is 18.5. The van der Waals surface area contributed by atoms with E-state index < -0.39 is 0 Å². The van der Waals surface area contributed by atoms with Crippen molar-refractivity contribution in [2.75, 3.05) is 0 Å². The first kappa shape index (κ1) is 19.8. The van der Waals surface area contributed by atoms with Gasteiger partial charge in [-0.3, -0.25) is 9.55 Å². The number of rotatable bonds is 5. The van der Waals surface area contributed by atoms with E-state index in [4.69, 9.17) is 9.51 Å². The highest BCUT2D eigenvalue weighted by molar-refractivity contribution is 6.03. The molecule has 7 heteroatoms. The summed E-state index contributed by atoms with van der Waals surface area (Å²) in [6.45, 7) is 3.71. The molecule has 0 amide bonds. The second-order valence-electron chi connectivity index (χ2n) is 8.50. The quantitative estimate of drug-likeness (QED) is 0.410. The van der Waals surface area contributed by atoms with Crippen molar-refractivity contribution in [1.29, 1.82) is 0 Å². The summed E-state index contributed by atoms with van der Waals surface area (Å²) in [4.78, 5) is 14.5. The Morgan fingerprint density at radius 1 is 1.03 bits per heavy atom. The van der Waals surface area contributed by atoms with Gasteiger partial charge < -0.3 is 9.63 Å². The van der Waals surface area contributed by atoms with Crippen molar-refractivity contribution in [3.05, 3.63) is 77.7 Å². The molecule has 5 aromatic rings. The first-order chi connectivity index (χ1) is 16.2. The van der Waals surface area contributed by atoms with Crippen LogP contribution in [0.5, 0.6) is 0 Å². The molecule has 4 aromatic heterocycles. The highest BCUT2D eigenvalue weighted by Gasteiger charge is 2.33. The van der Waals surface area contributed by atoms with E-state index in [0.717, 1.165) is 74.9 Å². The number of benzene rings is 1. The number of imidazole rings is 1. The predicted octanol–water partition coefficient (Wildman–Crippen LogP) is 5.12. The maximum atomic E-state index is 10.5. The van der Waals surface area contributed by atoms with Crippen molar-refractivity contribution in [2.24, 2.45) is 0 Å². The van der Waals surface area contributed by atoms with Crippen LogP contribution in [-0.4, -0.2) is 29.8 Å². The Labute approximate surface area is 190 Å². The van der Waals surface area contributed by atoms with E-state index in [9.17, 15) is 5.11 Å². The van der Waals surface area contributed by atoms with Crippen molar-refractivity contribution < 1.29 is 9.63 Å². The van der Waals surface area contributed by atoms with E-state index in [1.54, 1.807) is 12.4 Å². The van der Waals surface area contributed by atoms with Gasteiger partial charge in [0.2, 0.25) is 0 Å². The molecule has 1 aromatic carbocycles. The Morgan fingerprint density at radius 3 is 2.42 bits per heavy atom. The molecule has 0 radical (unpaired) electrons. The maximum Gasteiger partial charge on any atom is 0.141 e. The summed E-state index contributed by atoms with van der Waals surface area (Å²) in [7, 11) is 0. The first-order valence-corrected chi connectivity index (χ1v) is 11.1. The summed E-state index contributed by atoms with van der Waals surface area (Å²) in [6, 6.07) is 13.8. The lowest BCUT2D eigenvalue weighted by Crippen LogP contribution is -2.04. The van der Waals surface area contributed by atoms with E-state index in [-0.39, 0.29) is 6.61 Å². The van der Waals surface area contributed by atoms with Crippen LogP contribution in [0.25, 0.3) is 39.2 Å². The second kappa shape index (κ2) is 7.64. The van der Waals surface area contributed by atoms with Crippen LogP contribution in [-0.2, 0) is 6.61 Å². The highest BCUT2D eigenvalue weighted by atomic mass is 16.5. The lowest BCUT2D eigenvalue weighted by Gasteiger charge is -2.15. The number of aliphatic hydroxyl groups is 1. The van der Waals surface area contributed by atoms with E-state index in [1.165, 1.54) is 0 Å². The molecule has 0 unspecified atom stereocenters. The van der Waals surface area contributed by atoms with Crippen LogP contribution in [0.4, 0.5) is 0 Å². The minimum Gasteiger partial charge on any atom is -0.392 e. The van der Waals surface area contributed by atoms with Crippen LogP contribution < -0.4 is 0 Å². The maximum absolute atomic E-state index is 10.5. The van der Waals surface area contributed by atoms with Crippen molar-refractivity contribution in [3.63, 3.8) is 0 Å². The van der Waals surface area contributed by atoms with Gasteiger partial charge in [0.25, 0.3) is 0 Å². The normalized spacial score (nSPS) is 13.7. The predicted molar refractivity (Wildman–Crippen MR) is 125 cm³/mol. The molecule has 0 aliphatic heterocycles. The fraction of sp³-hybridized carbons (Fsp3) is 0.231. The van der Waals surface area contributed by atoms with E-state index in [2.05, 4.69) is 19.7 Å². The Bertz CT molecular complexity index is 1450. The fourth-order valence-corrected chi connectivity index (χ4v) is 4.64. The Balaban J connectivity index is 1.79. The summed E-state index contributed by atoms with van der Waals surface area (Å²) in [5.41, 5.74) is 6.80. The molecule has 1 N–H and O–H groups in total. The Morgan fingerprint density at radius 2 is 1.82 bits per heavy atom. The average molecular weight is 438 g/mol. The van der Waals surface area contributed by atoms with E-state index >= 15 is 0 Å². The summed E-state index contributed by atoms with van der Waals surface area (Å²) >= 11 is 0. The zero-order chi connectivity index (χ0) is 22.5. The Hall–Kier alpha value is -3.84. The third-order valence-electron chi connectivity index (χ3n) is 6.25. The van der Waals surface area contributed by atoms with Gasteiger partial charge in [-0.1, -0.05) is 17.3 Å². The number of hydrogen-bond donors (Lipinski definition) is 1. The molecule has 4 heterocycles. The molecule has 7 nitrogen and oxygen atoms in total. The van der Waals surface area contributed by atoms with Crippen molar-refractivity contribution in [1.82, 2.24) is 24.7 Å². The smallest absolute Gasteiger partial charge is 0.141 e. The lowest BCUT2D eigenvalue weighted by molar-refractivity contribution is 0.283. The molecule has 1 fully saturated rings. The van der Waals surface area contributed by atoms with Gasteiger partial charge >= 0.3 is 0 Å². The van der Waals surface area contributed by atoms with Crippen LogP contribution in [0.2, 0.25) is 0 Å². The molecule has 0 spiro atoms. The average Bonchev–Trinajstić information content (AvgIpc) is 3.54. The standard InChI is InChI=1S/C26H23N5O2/c1-15-22(16(2)33-30-15)19-13-18(14-32)25-24(23(19)20-7-3-5-11-27-20)29-26(17-9-10-17)31(25)21-8-4-6-12-28-21/h3-8,11-13,17,32H,9-10,14H2,1-2H3. The lowest BCUT2D eigenvalue weighted by atomic mass is 9.92. The van der Waals surface area contributed by atoms with Gasteiger partial charge in [0.1, 0.15) is 17.4 Å². The molecular formula is C26H23N5O2. The third-order valence-corrected chi connectivity index (χ3v) is 6.25. The highest BCUT2D eigenvalue weighted by Crippen LogP contribution is 2.46. The molecule has 6 rings (SSSR count). The molecule has 0 bridgehead atoms. The number of nitrogens with zero attached hydrogens (tertiary/aromatic N) is 5. The van der Waals surface area contributed by atoms with E-state index in [1.807, 2.05) is 56.3 Å². The van der Waals surface area contributed by atoms with Gasteiger partial charge in [-0.25, -0.2) is 9.97 Å². The molecular weight excluding hydrogens is 414 g/mol. The SMILES string of the molecule is Cc1noc(C)c1-c1cc(CO)c2c(nc(C3CC3)n2-c2ccccn2)c1-c1ccccn1. The van der Waals surface area contributed by atoms with E-state index in [0.29, 0.717) is 5.92 Å². The van der Waals surface area contributed by atoms with Crippen LogP contribution >= 0.6 is 0 Å². The van der Waals surface area contributed by atoms with Crippen molar-refractivity contribution in [3.8, 4) is 28.2 Å². The largest absolute Gasteiger partial charge is 0.392 e. The number of aryl methyl sites for hydroxylation is 2. The van der Waals surface area contributed by atoms with Gasteiger partial charge in [0.05, 0.1) is 29.0 Å². The summed E-state index contributed by atoms with van der Waals surface area (Å²) in [5, 5.41) is 14.7.